The number of benzene rings is 1. The monoisotopic (exact) mass is 507 g/mol. The number of carbonyl (C=O) groups excluding carboxylic acids is 3. The number of ether oxygens (including phenoxy) is 1. The van der Waals surface area contributed by atoms with Gasteiger partial charge in [0.2, 0.25) is 12.3 Å². The molecule has 34 heavy (non-hydrogen) atoms. The molecular weight excluding hydrogens is 474 g/mol. The van der Waals surface area contributed by atoms with E-state index in [0.717, 1.165) is 10.6 Å². The van der Waals surface area contributed by atoms with Crippen molar-refractivity contribution in [3.63, 3.8) is 0 Å². The summed E-state index contributed by atoms with van der Waals surface area (Å²) in [6, 6.07) is 4.98. The Morgan fingerprint density at radius 2 is 1.94 bits per heavy atom. The van der Waals surface area contributed by atoms with E-state index in [0.29, 0.717) is 30.8 Å². The van der Waals surface area contributed by atoms with Gasteiger partial charge in [-0.1, -0.05) is 38.1 Å². The predicted octanol–water partition coefficient (Wildman–Crippen LogP) is 3.10. The summed E-state index contributed by atoms with van der Waals surface area (Å²) < 4.78 is 5.54. The number of hydrogen-bond donors (Lipinski definition) is 4. The molecule has 2 rings (SSSR count). The molecule has 0 bridgehead atoms. The van der Waals surface area contributed by atoms with Gasteiger partial charge in [-0.25, -0.2) is 4.79 Å². The summed E-state index contributed by atoms with van der Waals surface area (Å²) >= 11 is 6.19. The first-order valence-corrected chi connectivity index (χ1v) is 13.0. The van der Waals surface area contributed by atoms with E-state index in [4.69, 9.17) is 4.74 Å². The van der Waals surface area contributed by atoms with Gasteiger partial charge < -0.3 is 15.4 Å². The maximum absolute atomic E-state index is 12.9. The molecule has 0 spiro atoms. The van der Waals surface area contributed by atoms with E-state index in [2.05, 4.69) is 23.3 Å². The Balaban J connectivity index is 2.05. The maximum Gasteiger partial charge on any atom is 0.334 e. The average molecular weight is 508 g/mol. The van der Waals surface area contributed by atoms with Crippen LogP contribution in [0.3, 0.4) is 0 Å². The van der Waals surface area contributed by atoms with Crippen LogP contribution in [-0.2, 0) is 14.4 Å². The molecule has 1 aromatic carbocycles. The third-order valence-electron chi connectivity index (χ3n) is 5.23. The van der Waals surface area contributed by atoms with Gasteiger partial charge in [0.1, 0.15) is 17.8 Å². The van der Waals surface area contributed by atoms with E-state index in [9.17, 15) is 19.6 Å². The lowest BCUT2D eigenvalue weighted by Crippen LogP contribution is -2.51. The van der Waals surface area contributed by atoms with E-state index >= 15 is 0 Å². The summed E-state index contributed by atoms with van der Waals surface area (Å²) in [5.41, 5.74) is 0.843. The molecule has 0 saturated carbocycles. The normalized spacial score (nSPS) is 17.7. The first kappa shape index (κ1) is 27.8. The molecule has 1 aliphatic heterocycles. The highest BCUT2D eigenvalue weighted by Gasteiger charge is 2.28. The molecule has 10 heteroatoms. The zero-order valence-electron chi connectivity index (χ0n) is 19.6. The standard InChI is InChI=1S/C24H33N3O5S2/c1-16(2)14-20(26-23(29)19(25-15-28)11-13-34-3)24(30)32-18-9-7-17(8-10-18)22(33)21-6-4-5-12-27(21)31/h4-10,12,15-16,19-22,31,33H,11,13-14H2,1-3H3,(H,25,28)(H,26,29). The topological polar surface area (TPSA) is 108 Å². The molecule has 0 saturated heterocycles. The first-order valence-electron chi connectivity index (χ1n) is 11.1. The Hall–Kier alpha value is -2.43. The second-order valence-corrected chi connectivity index (χ2v) is 9.88. The smallest absolute Gasteiger partial charge is 0.334 e. The van der Waals surface area contributed by atoms with Crippen LogP contribution in [0.5, 0.6) is 5.75 Å². The molecule has 2 amide bonds. The largest absolute Gasteiger partial charge is 0.425 e. The zero-order chi connectivity index (χ0) is 25.1. The Labute approximate surface area is 210 Å². The van der Waals surface area contributed by atoms with Crippen LogP contribution >= 0.6 is 24.4 Å². The number of thiol groups is 1. The average Bonchev–Trinajstić information content (AvgIpc) is 2.81. The van der Waals surface area contributed by atoms with Gasteiger partial charge >= 0.3 is 5.97 Å². The summed E-state index contributed by atoms with van der Waals surface area (Å²) in [7, 11) is 0. The Morgan fingerprint density at radius 1 is 1.24 bits per heavy atom. The molecule has 3 N–H and O–H groups in total. The second-order valence-electron chi connectivity index (χ2n) is 8.34. The minimum atomic E-state index is -0.850. The molecule has 186 valence electrons. The number of thioether (sulfide) groups is 1. The fourth-order valence-corrected chi connectivity index (χ4v) is 4.32. The number of carbonyl (C=O) groups is 3. The molecule has 0 radical (unpaired) electrons. The van der Waals surface area contributed by atoms with Crippen LogP contribution in [0.2, 0.25) is 0 Å². The van der Waals surface area contributed by atoms with Crippen LogP contribution in [-0.4, -0.2) is 58.7 Å². The number of allylic oxidation sites excluding steroid dienone is 2. The highest BCUT2D eigenvalue weighted by molar-refractivity contribution is 7.98. The minimum absolute atomic E-state index is 0.132. The van der Waals surface area contributed by atoms with Gasteiger partial charge in [-0.3, -0.25) is 19.9 Å². The van der Waals surface area contributed by atoms with Gasteiger partial charge in [0, 0.05) is 6.20 Å². The molecule has 4 unspecified atom stereocenters. The third-order valence-corrected chi connectivity index (χ3v) is 6.48. The van der Waals surface area contributed by atoms with Crippen LogP contribution < -0.4 is 15.4 Å². The number of hydroxylamine groups is 2. The fourth-order valence-electron chi connectivity index (χ4n) is 3.44. The Bertz CT molecular complexity index is 876. The van der Waals surface area contributed by atoms with Crippen LogP contribution in [0.15, 0.2) is 48.7 Å². The lowest BCUT2D eigenvalue weighted by Gasteiger charge is -2.29. The number of esters is 1. The number of nitrogens with one attached hydrogen (secondary N) is 2. The first-order chi connectivity index (χ1) is 16.3. The van der Waals surface area contributed by atoms with Gasteiger partial charge in [-0.05, 0) is 54.5 Å². The number of amides is 2. The molecule has 8 nitrogen and oxygen atoms in total. The number of hydrogen-bond acceptors (Lipinski definition) is 8. The van der Waals surface area contributed by atoms with Crippen LogP contribution in [0.25, 0.3) is 0 Å². The molecule has 0 aliphatic carbocycles. The van der Waals surface area contributed by atoms with Crippen molar-refractivity contribution in [1.82, 2.24) is 15.7 Å². The van der Waals surface area contributed by atoms with Crippen molar-refractivity contribution in [1.29, 1.82) is 0 Å². The Morgan fingerprint density at radius 3 is 2.53 bits per heavy atom. The molecule has 0 aromatic heterocycles. The van der Waals surface area contributed by atoms with Crippen LogP contribution in [0.1, 0.15) is 37.5 Å². The van der Waals surface area contributed by atoms with Crippen molar-refractivity contribution >= 4 is 42.7 Å². The van der Waals surface area contributed by atoms with E-state index in [1.807, 2.05) is 32.3 Å². The summed E-state index contributed by atoms with van der Waals surface area (Å²) in [6.45, 7) is 3.89. The van der Waals surface area contributed by atoms with E-state index in [1.165, 1.54) is 0 Å². The third kappa shape index (κ3) is 8.41. The zero-order valence-corrected chi connectivity index (χ0v) is 21.3. The summed E-state index contributed by atoms with van der Waals surface area (Å²) in [6.07, 6.45) is 10.2. The molecular formula is C24H33N3O5S2. The van der Waals surface area contributed by atoms with Crippen molar-refractivity contribution in [3.05, 3.63) is 54.3 Å². The molecule has 1 heterocycles. The van der Waals surface area contributed by atoms with Crippen molar-refractivity contribution in [2.24, 2.45) is 5.92 Å². The van der Waals surface area contributed by atoms with Crippen molar-refractivity contribution in [2.45, 2.75) is 50.1 Å². The summed E-state index contributed by atoms with van der Waals surface area (Å²) in [5, 5.41) is 16.1. The van der Waals surface area contributed by atoms with Crippen LogP contribution in [0.4, 0.5) is 0 Å². The predicted molar refractivity (Wildman–Crippen MR) is 137 cm³/mol. The second kappa shape index (κ2) is 14.1. The highest BCUT2D eigenvalue weighted by Crippen LogP contribution is 2.30. The maximum atomic E-state index is 12.9. The molecule has 4 atom stereocenters. The number of nitrogens with zero attached hydrogens (tertiary/aromatic N) is 1. The molecule has 0 fully saturated rings. The van der Waals surface area contributed by atoms with Crippen molar-refractivity contribution in [2.75, 3.05) is 12.0 Å². The van der Waals surface area contributed by atoms with Gasteiger partial charge in [0.25, 0.3) is 0 Å². The molecule has 1 aliphatic rings. The van der Waals surface area contributed by atoms with E-state index < -0.39 is 24.0 Å². The lowest BCUT2D eigenvalue weighted by molar-refractivity contribution is -0.140. The van der Waals surface area contributed by atoms with Crippen molar-refractivity contribution < 1.29 is 24.3 Å². The van der Waals surface area contributed by atoms with Crippen LogP contribution in [0, 0.1) is 5.92 Å². The lowest BCUT2D eigenvalue weighted by atomic mass is 10.0. The van der Waals surface area contributed by atoms with Gasteiger partial charge in [-0.15, -0.1) is 0 Å². The number of rotatable bonds is 13. The van der Waals surface area contributed by atoms with E-state index in [-0.39, 0.29) is 17.2 Å². The Kier molecular flexibility index (Phi) is 11.5. The van der Waals surface area contributed by atoms with Gasteiger partial charge in [0.15, 0.2) is 0 Å². The highest BCUT2D eigenvalue weighted by atomic mass is 32.2. The SMILES string of the molecule is CSCCC(NC=O)C(=O)NC(CC(C)C)C(=O)Oc1ccc(C(S)C2C=CC=CN2O)cc1. The fraction of sp³-hybridized carbons (Fsp3) is 0.458. The van der Waals surface area contributed by atoms with Gasteiger partial charge in [0.05, 0.1) is 11.3 Å². The quantitative estimate of drug-likeness (QED) is 0.141. The van der Waals surface area contributed by atoms with E-state index in [1.54, 1.807) is 48.3 Å². The summed E-state index contributed by atoms with van der Waals surface area (Å²) in [5.74, 6) is 0.168. The van der Waals surface area contributed by atoms with Gasteiger partial charge in [-0.2, -0.15) is 24.4 Å². The minimum Gasteiger partial charge on any atom is -0.425 e. The molecule has 1 aromatic rings. The summed E-state index contributed by atoms with van der Waals surface area (Å²) in [4.78, 5) is 36.5. The van der Waals surface area contributed by atoms with Crippen molar-refractivity contribution in [3.8, 4) is 5.75 Å².